The first-order chi connectivity index (χ1) is 13.1. The number of rotatable bonds is 5. The largest absolute Gasteiger partial charge is 0.455 e. The van der Waals surface area contributed by atoms with E-state index in [9.17, 15) is 14.0 Å². The van der Waals surface area contributed by atoms with Gasteiger partial charge >= 0.3 is 11.8 Å². The molecule has 0 aliphatic rings. The molecule has 0 atom stereocenters. The second-order valence-electron chi connectivity index (χ2n) is 5.64. The summed E-state index contributed by atoms with van der Waals surface area (Å²) in [6, 6.07) is 21.9. The number of amides is 2. The number of para-hydroxylation sites is 3. The molecule has 5 nitrogen and oxygen atoms in total. The third-order valence-corrected chi connectivity index (χ3v) is 3.71. The fourth-order valence-electron chi connectivity index (χ4n) is 2.35. The van der Waals surface area contributed by atoms with Gasteiger partial charge in [0.05, 0.1) is 5.69 Å². The Morgan fingerprint density at radius 2 is 1.48 bits per heavy atom. The molecule has 0 spiro atoms. The van der Waals surface area contributed by atoms with E-state index in [-0.39, 0.29) is 6.54 Å². The topological polar surface area (TPSA) is 67.4 Å². The lowest BCUT2D eigenvalue weighted by molar-refractivity contribution is -0.136. The summed E-state index contributed by atoms with van der Waals surface area (Å²) in [5.41, 5.74) is 0.652. The second kappa shape index (κ2) is 8.62. The number of benzene rings is 3. The van der Waals surface area contributed by atoms with Gasteiger partial charge in [0.1, 0.15) is 11.6 Å². The van der Waals surface area contributed by atoms with E-state index >= 15 is 0 Å². The van der Waals surface area contributed by atoms with Crippen LogP contribution < -0.4 is 15.4 Å². The summed E-state index contributed by atoms with van der Waals surface area (Å²) < 4.78 is 19.3. The Morgan fingerprint density at radius 3 is 2.26 bits per heavy atom. The van der Waals surface area contributed by atoms with Crippen LogP contribution in [0.15, 0.2) is 78.9 Å². The number of anilines is 1. The normalized spacial score (nSPS) is 10.1. The zero-order chi connectivity index (χ0) is 19.1. The molecule has 0 saturated carbocycles. The third kappa shape index (κ3) is 4.92. The van der Waals surface area contributed by atoms with Crippen molar-refractivity contribution in [1.29, 1.82) is 0 Å². The minimum absolute atomic E-state index is 0.0823. The van der Waals surface area contributed by atoms with Crippen molar-refractivity contribution in [2.24, 2.45) is 0 Å². The second-order valence-corrected chi connectivity index (χ2v) is 5.64. The van der Waals surface area contributed by atoms with Gasteiger partial charge in [-0.15, -0.1) is 0 Å². The SMILES string of the molecule is O=C(NCc1ccccc1F)C(=O)Nc1ccccc1Oc1ccccc1. The zero-order valence-electron chi connectivity index (χ0n) is 14.3. The lowest BCUT2D eigenvalue weighted by atomic mass is 10.2. The number of carbonyl (C=O) groups is 2. The van der Waals surface area contributed by atoms with Crippen molar-refractivity contribution in [2.75, 3.05) is 5.32 Å². The number of halogens is 1. The molecular weight excluding hydrogens is 347 g/mol. The Bertz CT molecular complexity index is 945. The Hall–Kier alpha value is -3.67. The number of carbonyl (C=O) groups excluding carboxylic acids is 2. The van der Waals surface area contributed by atoms with Crippen molar-refractivity contribution >= 4 is 17.5 Å². The average Bonchev–Trinajstić information content (AvgIpc) is 2.69. The lowest BCUT2D eigenvalue weighted by Crippen LogP contribution is -2.35. The van der Waals surface area contributed by atoms with E-state index in [4.69, 9.17) is 4.74 Å². The van der Waals surface area contributed by atoms with Gasteiger partial charge in [-0.2, -0.15) is 0 Å². The van der Waals surface area contributed by atoms with Crippen LogP contribution in [0.4, 0.5) is 10.1 Å². The van der Waals surface area contributed by atoms with Gasteiger partial charge in [0.25, 0.3) is 0 Å². The molecule has 136 valence electrons. The number of hydrogen-bond acceptors (Lipinski definition) is 3. The van der Waals surface area contributed by atoms with Crippen molar-refractivity contribution in [3.63, 3.8) is 0 Å². The van der Waals surface area contributed by atoms with E-state index in [0.29, 0.717) is 22.7 Å². The number of ether oxygens (including phenoxy) is 1. The average molecular weight is 364 g/mol. The highest BCUT2D eigenvalue weighted by Crippen LogP contribution is 2.28. The smallest absolute Gasteiger partial charge is 0.313 e. The van der Waals surface area contributed by atoms with Crippen molar-refractivity contribution in [1.82, 2.24) is 5.32 Å². The molecule has 2 N–H and O–H groups in total. The van der Waals surface area contributed by atoms with Gasteiger partial charge in [-0.1, -0.05) is 48.5 Å². The first-order valence-corrected chi connectivity index (χ1v) is 8.28. The van der Waals surface area contributed by atoms with E-state index < -0.39 is 17.6 Å². The zero-order valence-corrected chi connectivity index (χ0v) is 14.3. The van der Waals surface area contributed by atoms with Gasteiger partial charge in [-0.25, -0.2) is 4.39 Å². The highest BCUT2D eigenvalue weighted by Gasteiger charge is 2.16. The van der Waals surface area contributed by atoms with Crippen molar-refractivity contribution in [2.45, 2.75) is 6.54 Å². The molecular formula is C21H17FN2O3. The molecule has 0 aliphatic heterocycles. The third-order valence-electron chi connectivity index (χ3n) is 3.71. The van der Waals surface area contributed by atoms with Crippen LogP contribution in [0.2, 0.25) is 0 Å². The van der Waals surface area contributed by atoms with E-state index in [1.807, 2.05) is 18.2 Å². The quantitative estimate of drug-likeness (QED) is 0.676. The molecule has 0 unspecified atom stereocenters. The van der Waals surface area contributed by atoms with Gasteiger partial charge in [-0.05, 0) is 30.3 Å². The summed E-state index contributed by atoms with van der Waals surface area (Å²) in [5.74, 6) is -1.18. The van der Waals surface area contributed by atoms with Gasteiger partial charge < -0.3 is 15.4 Å². The predicted octanol–water partition coefficient (Wildman–Crippen LogP) is 3.87. The molecule has 0 heterocycles. The maximum atomic E-state index is 13.6. The highest BCUT2D eigenvalue weighted by atomic mass is 19.1. The highest BCUT2D eigenvalue weighted by molar-refractivity contribution is 6.39. The Labute approximate surface area is 155 Å². The van der Waals surface area contributed by atoms with Crippen LogP contribution in [0.5, 0.6) is 11.5 Å². The van der Waals surface area contributed by atoms with Crippen molar-refractivity contribution in [3.05, 3.63) is 90.2 Å². The van der Waals surface area contributed by atoms with Crippen LogP contribution in [0.3, 0.4) is 0 Å². The molecule has 3 aromatic rings. The molecule has 0 radical (unpaired) electrons. The molecule has 0 aliphatic carbocycles. The molecule has 2 amide bonds. The summed E-state index contributed by atoms with van der Waals surface area (Å²) in [6.45, 7) is -0.0823. The van der Waals surface area contributed by atoms with Crippen molar-refractivity contribution in [3.8, 4) is 11.5 Å². The Kier molecular flexibility index (Phi) is 5.79. The van der Waals surface area contributed by atoms with Crippen LogP contribution >= 0.6 is 0 Å². The number of nitrogens with one attached hydrogen (secondary N) is 2. The number of hydrogen-bond donors (Lipinski definition) is 2. The van der Waals surface area contributed by atoms with Gasteiger partial charge in [0.15, 0.2) is 5.75 Å². The maximum Gasteiger partial charge on any atom is 0.313 e. The van der Waals surface area contributed by atoms with E-state index in [1.54, 1.807) is 48.5 Å². The molecule has 0 fully saturated rings. The van der Waals surface area contributed by atoms with E-state index in [1.165, 1.54) is 12.1 Å². The first kappa shape index (κ1) is 18.1. The van der Waals surface area contributed by atoms with E-state index in [2.05, 4.69) is 10.6 Å². The van der Waals surface area contributed by atoms with Crippen LogP contribution in [-0.4, -0.2) is 11.8 Å². The molecule has 6 heteroatoms. The molecule has 3 rings (SSSR count). The van der Waals surface area contributed by atoms with Crippen LogP contribution in [0, 0.1) is 5.82 Å². The van der Waals surface area contributed by atoms with Gasteiger partial charge in [-0.3, -0.25) is 9.59 Å². The van der Waals surface area contributed by atoms with Crippen molar-refractivity contribution < 1.29 is 18.7 Å². The van der Waals surface area contributed by atoms with E-state index in [0.717, 1.165) is 0 Å². The summed E-state index contributed by atoms with van der Waals surface area (Å²) >= 11 is 0. The fraction of sp³-hybridized carbons (Fsp3) is 0.0476. The molecule has 0 aromatic heterocycles. The molecule has 0 bridgehead atoms. The molecule has 3 aromatic carbocycles. The summed E-state index contributed by atoms with van der Waals surface area (Å²) in [4.78, 5) is 24.2. The summed E-state index contributed by atoms with van der Waals surface area (Å²) in [5, 5.41) is 4.91. The Morgan fingerprint density at radius 1 is 0.815 bits per heavy atom. The monoisotopic (exact) mass is 364 g/mol. The van der Waals surface area contributed by atoms with Gasteiger partial charge in [0.2, 0.25) is 0 Å². The minimum Gasteiger partial charge on any atom is -0.455 e. The van der Waals surface area contributed by atoms with Gasteiger partial charge in [0, 0.05) is 12.1 Å². The minimum atomic E-state index is -0.868. The Balaban J connectivity index is 1.63. The van der Waals surface area contributed by atoms with Crippen LogP contribution in [0.1, 0.15) is 5.56 Å². The standard InChI is InChI=1S/C21H17FN2O3/c22-17-11-5-4-8-15(17)14-23-20(25)21(26)24-18-12-6-7-13-19(18)27-16-9-2-1-3-10-16/h1-13H,14H2,(H,23,25)(H,24,26). The lowest BCUT2D eigenvalue weighted by Gasteiger charge is -2.12. The first-order valence-electron chi connectivity index (χ1n) is 8.28. The predicted molar refractivity (Wildman–Crippen MR) is 99.8 cm³/mol. The fourth-order valence-corrected chi connectivity index (χ4v) is 2.35. The van der Waals surface area contributed by atoms with Crippen LogP contribution in [0.25, 0.3) is 0 Å². The molecule has 27 heavy (non-hydrogen) atoms. The maximum absolute atomic E-state index is 13.6. The summed E-state index contributed by atoms with van der Waals surface area (Å²) in [7, 11) is 0. The van der Waals surface area contributed by atoms with Crippen LogP contribution in [-0.2, 0) is 16.1 Å². The summed E-state index contributed by atoms with van der Waals surface area (Å²) in [6.07, 6.45) is 0. The molecule has 0 saturated heterocycles.